The summed E-state index contributed by atoms with van der Waals surface area (Å²) in [6.45, 7) is 1.19. The van der Waals surface area contributed by atoms with Gasteiger partial charge in [-0.3, -0.25) is 4.79 Å². The number of hydrogen-bond donors (Lipinski definition) is 1. The van der Waals surface area contributed by atoms with Gasteiger partial charge in [-0.25, -0.2) is 13.2 Å². The number of sulfonamides is 1. The van der Waals surface area contributed by atoms with Gasteiger partial charge in [0, 0.05) is 18.7 Å². The van der Waals surface area contributed by atoms with Crippen LogP contribution >= 0.6 is 0 Å². The highest BCUT2D eigenvalue weighted by atomic mass is 32.2. The number of carbonyl (C=O) groups excluding carboxylic acids is 2. The third-order valence-electron chi connectivity index (χ3n) is 5.31. The number of esters is 1. The van der Waals surface area contributed by atoms with Crippen LogP contribution in [0.15, 0.2) is 83.8 Å². The average molecular weight is 481 g/mol. The molecular formula is C25H24N2O6S. The van der Waals surface area contributed by atoms with E-state index in [1.807, 2.05) is 6.07 Å². The lowest BCUT2D eigenvalue weighted by molar-refractivity contribution is 0.0473. The van der Waals surface area contributed by atoms with E-state index in [0.29, 0.717) is 43.1 Å². The van der Waals surface area contributed by atoms with E-state index in [-0.39, 0.29) is 23.0 Å². The fourth-order valence-corrected chi connectivity index (χ4v) is 4.99. The van der Waals surface area contributed by atoms with Crippen molar-refractivity contribution in [3.63, 3.8) is 0 Å². The summed E-state index contributed by atoms with van der Waals surface area (Å²) >= 11 is 0. The maximum atomic E-state index is 12.9. The van der Waals surface area contributed by atoms with Crippen molar-refractivity contribution in [2.24, 2.45) is 0 Å². The van der Waals surface area contributed by atoms with Gasteiger partial charge in [-0.15, -0.1) is 0 Å². The SMILES string of the molecule is O=C(Nc1ccccc1C(=O)OCc1cccc(S(=O)(=O)N2CCOCC2)c1)c1ccccc1. The third kappa shape index (κ3) is 5.51. The second kappa shape index (κ2) is 10.6. The van der Waals surface area contributed by atoms with Gasteiger partial charge in [-0.05, 0) is 42.0 Å². The minimum absolute atomic E-state index is 0.119. The minimum atomic E-state index is -3.66. The highest BCUT2D eigenvalue weighted by Gasteiger charge is 2.26. The van der Waals surface area contributed by atoms with Crippen LogP contribution in [0, 0.1) is 0 Å². The van der Waals surface area contributed by atoms with Crippen molar-refractivity contribution in [3.05, 3.63) is 95.6 Å². The predicted molar refractivity (Wildman–Crippen MR) is 126 cm³/mol. The number of anilines is 1. The highest BCUT2D eigenvalue weighted by Crippen LogP contribution is 2.21. The summed E-state index contributed by atoms with van der Waals surface area (Å²) in [5, 5.41) is 2.74. The van der Waals surface area contributed by atoms with Gasteiger partial charge in [0.1, 0.15) is 6.61 Å². The number of ether oxygens (including phenoxy) is 2. The topological polar surface area (TPSA) is 102 Å². The summed E-state index contributed by atoms with van der Waals surface area (Å²) in [5.41, 5.74) is 1.52. The quantitative estimate of drug-likeness (QED) is 0.521. The molecule has 0 aliphatic carbocycles. The Morgan fingerprint density at radius 1 is 0.912 bits per heavy atom. The van der Waals surface area contributed by atoms with Crippen molar-refractivity contribution in [3.8, 4) is 0 Å². The summed E-state index contributed by atoms with van der Waals surface area (Å²) in [7, 11) is -3.66. The molecular weight excluding hydrogens is 456 g/mol. The van der Waals surface area contributed by atoms with Crippen molar-refractivity contribution < 1.29 is 27.5 Å². The van der Waals surface area contributed by atoms with Gasteiger partial charge < -0.3 is 14.8 Å². The molecule has 0 radical (unpaired) electrons. The van der Waals surface area contributed by atoms with Crippen LogP contribution in [0.2, 0.25) is 0 Å². The Morgan fingerprint density at radius 2 is 1.62 bits per heavy atom. The van der Waals surface area contributed by atoms with Gasteiger partial charge in [0.15, 0.2) is 0 Å². The summed E-state index contributed by atoms with van der Waals surface area (Å²) in [4.78, 5) is 25.4. The van der Waals surface area contributed by atoms with E-state index >= 15 is 0 Å². The van der Waals surface area contributed by atoms with E-state index in [2.05, 4.69) is 5.32 Å². The Bertz CT molecular complexity index is 1270. The highest BCUT2D eigenvalue weighted by molar-refractivity contribution is 7.89. The number of benzene rings is 3. The molecule has 0 saturated carbocycles. The van der Waals surface area contributed by atoms with Crippen molar-refractivity contribution in [2.45, 2.75) is 11.5 Å². The zero-order valence-electron chi connectivity index (χ0n) is 18.3. The van der Waals surface area contributed by atoms with Gasteiger partial charge in [-0.1, -0.05) is 42.5 Å². The zero-order valence-corrected chi connectivity index (χ0v) is 19.2. The van der Waals surface area contributed by atoms with E-state index in [0.717, 1.165) is 0 Å². The molecule has 1 fully saturated rings. The zero-order chi connectivity index (χ0) is 24.0. The van der Waals surface area contributed by atoms with E-state index in [1.165, 1.54) is 16.4 Å². The molecule has 3 aromatic rings. The first-order valence-corrected chi connectivity index (χ1v) is 12.2. The van der Waals surface area contributed by atoms with Crippen LogP contribution in [0.3, 0.4) is 0 Å². The normalized spacial score (nSPS) is 14.4. The van der Waals surface area contributed by atoms with Gasteiger partial charge in [-0.2, -0.15) is 4.31 Å². The largest absolute Gasteiger partial charge is 0.457 e. The number of hydrogen-bond acceptors (Lipinski definition) is 6. The molecule has 1 heterocycles. The lowest BCUT2D eigenvalue weighted by Gasteiger charge is -2.26. The van der Waals surface area contributed by atoms with Crippen LogP contribution in [0.1, 0.15) is 26.3 Å². The third-order valence-corrected chi connectivity index (χ3v) is 7.20. The fraction of sp³-hybridized carbons (Fsp3) is 0.200. The molecule has 0 spiro atoms. The monoisotopic (exact) mass is 480 g/mol. The second-order valence-corrected chi connectivity index (χ2v) is 9.54. The summed E-state index contributed by atoms with van der Waals surface area (Å²) < 4.78 is 37.8. The number of carbonyl (C=O) groups is 2. The van der Waals surface area contributed by atoms with Crippen LogP contribution in [-0.2, 0) is 26.1 Å². The van der Waals surface area contributed by atoms with E-state index in [1.54, 1.807) is 60.7 Å². The smallest absolute Gasteiger partial charge is 0.340 e. The number of morpholine rings is 1. The Morgan fingerprint density at radius 3 is 2.38 bits per heavy atom. The molecule has 1 amide bonds. The van der Waals surface area contributed by atoms with Crippen LogP contribution in [0.5, 0.6) is 0 Å². The molecule has 0 unspecified atom stereocenters. The Hall–Kier alpha value is -3.53. The lowest BCUT2D eigenvalue weighted by atomic mass is 10.1. The first-order valence-electron chi connectivity index (χ1n) is 10.7. The van der Waals surface area contributed by atoms with E-state index < -0.39 is 16.0 Å². The molecule has 9 heteroatoms. The number of rotatable bonds is 7. The molecule has 1 N–H and O–H groups in total. The molecule has 4 rings (SSSR count). The minimum Gasteiger partial charge on any atom is -0.457 e. The molecule has 8 nitrogen and oxygen atoms in total. The first-order chi connectivity index (χ1) is 16.4. The molecule has 0 atom stereocenters. The molecule has 1 aliphatic rings. The van der Waals surface area contributed by atoms with Gasteiger partial charge in [0.05, 0.1) is 29.4 Å². The van der Waals surface area contributed by atoms with Crippen LogP contribution in [0.25, 0.3) is 0 Å². The molecule has 0 bridgehead atoms. The van der Waals surface area contributed by atoms with E-state index in [9.17, 15) is 18.0 Å². The van der Waals surface area contributed by atoms with Crippen LogP contribution in [-0.4, -0.2) is 50.9 Å². The van der Waals surface area contributed by atoms with Crippen molar-refractivity contribution in [2.75, 3.05) is 31.6 Å². The lowest BCUT2D eigenvalue weighted by Crippen LogP contribution is -2.40. The standard InChI is InChI=1S/C25H24N2O6S/c28-24(20-8-2-1-3-9-20)26-23-12-5-4-11-22(23)25(29)33-18-19-7-6-10-21(17-19)34(30,31)27-13-15-32-16-14-27/h1-12,17H,13-16,18H2,(H,26,28). The van der Waals surface area contributed by atoms with Crippen molar-refractivity contribution in [1.29, 1.82) is 0 Å². The van der Waals surface area contributed by atoms with Crippen LogP contribution in [0.4, 0.5) is 5.69 Å². The second-order valence-electron chi connectivity index (χ2n) is 7.61. The number of nitrogens with one attached hydrogen (secondary N) is 1. The fourth-order valence-electron chi connectivity index (χ4n) is 3.51. The Balaban J connectivity index is 1.45. The van der Waals surface area contributed by atoms with Gasteiger partial charge >= 0.3 is 5.97 Å². The maximum absolute atomic E-state index is 12.9. The predicted octanol–water partition coefficient (Wildman–Crippen LogP) is 3.32. The van der Waals surface area contributed by atoms with Crippen LogP contribution < -0.4 is 5.32 Å². The molecule has 1 aliphatic heterocycles. The Labute approximate surface area is 198 Å². The molecule has 3 aromatic carbocycles. The van der Waals surface area contributed by atoms with Crippen molar-refractivity contribution >= 4 is 27.6 Å². The summed E-state index contributed by atoms with van der Waals surface area (Å²) in [6, 6.07) is 21.5. The molecule has 0 aromatic heterocycles. The van der Waals surface area contributed by atoms with Gasteiger partial charge in [0.25, 0.3) is 5.91 Å². The first kappa shape index (κ1) is 23.6. The maximum Gasteiger partial charge on any atom is 0.340 e. The number of nitrogens with zero attached hydrogens (tertiary/aromatic N) is 1. The molecule has 176 valence electrons. The van der Waals surface area contributed by atoms with Gasteiger partial charge in [0.2, 0.25) is 10.0 Å². The number of para-hydroxylation sites is 1. The molecule has 34 heavy (non-hydrogen) atoms. The van der Waals surface area contributed by atoms with E-state index in [4.69, 9.17) is 9.47 Å². The summed E-state index contributed by atoms with van der Waals surface area (Å²) in [6.07, 6.45) is 0. The number of amides is 1. The Kier molecular flexibility index (Phi) is 7.36. The van der Waals surface area contributed by atoms with Crippen molar-refractivity contribution in [1.82, 2.24) is 4.31 Å². The average Bonchev–Trinajstić information content (AvgIpc) is 2.89. The molecule has 1 saturated heterocycles. The summed E-state index contributed by atoms with van der Waals surface area (Å²) in [5.74, 6) is -0.979.